The Hall–Kier alpha value is -2.57. The smallest absolute Gasteiger partial charge is 0.252 e. The van der Waals surface area contributed by atoms with Gasteiger partial charge in [-0.05, 0) is 35.9 Å². The Labute approximate surface area is 160 Å². The van der Waals surface area contributed by atoms with E-state index in [-0.39, 0.29) is 17.9 Å². The first-order chi connectivity index (χ1) is 12.3. The number of rotatable bonds is 6. The summed E-state index contributed by atoms with van der Waals surface area (Å²) in [6, 6.07) is 10.2. The van der Waals surface area contributed by atoms with Gasteiger partial charge in [0.2, 0.25) is 11.8 Å². The average molecular weight is 394 g/mol. The van der Waals surface area contributed by atoms with E-state index in [1.165, 1.54) is 13.0 Å². The van der Waals surface area contributed by atoms with E-state index in [4.69, 9.17) is 28.9 Å². The topological polar surface area (TPSA) is 101 Å². The molecular formula is C18H17Cl2N3O3. The Balaban J connectivity index is 2.15. The van der Waals surface area contributed by atoms with Gasteiger partial charge in [0.05, 0.1) is 0 Å². The molecule has 2 rings (SSSR count). The molecule has 0 heterocycles. The van der Waals surface area contributed by atoms with E-state index in [1.807, 2.05) is 0 Å². The molecule has 0 saturated heterocycles. The van der Waals surface area contributed by atoms with Crippen LogP contribution in [-0.2, 0) is 16.0 Å². The molecule has 1 atom stereocenters. The highest BCUT2D eigenvalue weighted by atomic mass is 35.5. The Bertz CT molecular complexity index is 855. The summed E-state index contributed by atoms with van der Waals surface area (Å²) in [6.45, 7) is 1.37. The predicted octanol–water partition coefficient (Wildman–Crippen LogP) is 2.78. The number of hydrogen-bond donors (Lipinski definition) is 3. The first kappa shape index (κ1) is 19.8. The Kier molecular flexibility index (Phi) is 6.60. The second kappa shape index (κ2) is 8.69. The summed E-state index contributed by atoms with van der Waals surface area (Å²) in [5.41, 5.74) is 6.79. The third-order valence-corrected chi connectivity index (χ3v) is 4.12. The summed E-state index contributed by atoms with van der Waals surface area (Å²) in [6.07, 6.45) is 0.127. The molecule has 4 N–H and O–H groups in total. The largest absolute Gasteiger partial charge is 0.368 e. The maximum absolute atomic E-state index is 12.4. The molecule has 136 valence electrons. The van der Waals surface area contributed by atoms with Gasteiger partial charge < -0.3 is 16.4 Å². The van der Waals surface area contributed by atoms with Crippen molar-refractivity contribution < 1.29 is 14.4 Å². The summed E-state index contributed by atoms with van der Waals surface area (Å²) in [5, 5.41) is 6.02. The molecule has 26 heavy (non-hydrogen) atoms. The lowest BCUT2D eigenvalue weighted by atomic mass is 10.0. The van der Waals surface area contributed by atoms with Crippen molar-refractivity contribution in [3.63, 3.8) is 0 Å². The van der Waals surface area contributed by atoms with Gasteiger partial charge in [0.15, 0.2) is 0 Å². The number of halogens is 2. The molecule has 6 nitrogen and oxygen atoms in total. The van der Waals surface area contributed by atoms with Crippen molar-refractivity contribution in [1.82, 2.24) is 5.32 Å². The predicted molar refractivity (Wildman–Crippen MR) is 101 cm³/mol. The van der Waals surface area contributed by atoms with Gasteiger partial charge in [0, 0.05) is 34.6 Å². The number of amides is 3. The summed E-state index contributed by atoms with van der Waals surface area (Å²) < 4.78 is 0. The molecular weight excluding hydrogens is 377 g/mol. The molecule has 8 heteroatoms. The van der Waals surface area contributed by atoms with Crippen LogP contribution >= 0.6 is 23.2 Å². The van der Waals surface area contributed by atoms with Crippen molar-refractivity contribution in [2.45, 2.75) is 19.4 Å². The van der Waals surface area contributed by atoms with Gasteiger partial charge in [-0.25, -0.2) is 0 Å². The summed E-state index contributed by atoms with van der Waals surface area (Å²) in [4.78, 5) is 35.3. The zero-order valence-electron chi connectivity index (χ0n) is 13.9. The molecule has 0 spiro atoms. The van der Waals surface area contributed by atoms with Crippen LogP contribution in [0, 0.1) is 0 Å². The normalized spacial score (nSPS) is 11.5. The molecule has 0 aliphatic carbocycles. The molecule has 0 unspecified atom stereocenters. The third kappa shape index (κ3) is 5.47. The zero-order chi connectivity index (χ0) is 19.3. The van der Waals surface area contributed by atoms with Crippen LogP contribution in [0.1, 0.15) is 22.8 Å². The minimum atomic E-state index is -0.953. The van der Waals surface area contributed by atoms with Crippen LogP contribution in [0.15, 0.2) is 42.5 Å². The SMILES string of the molecule is CC(=O)Nc1cccc(C(=O)N[C@@H](Cc2ccc(Cl)cc2Cl)C(N)=O)c1. The fourth-order valence-corrected chi connectivity index (χ4v) is 2.80. The lowest BCUT2D eigenvalue weighted by molar-refractivity contribution is -0.119. The Morgan fingerprint density at radius 3 is 2.46 bits per heavy atom. The molecule has 0 fully saturated rings. The fourth-order valence-electron chi connectivity index (χ4n) is 2.31. The van der Waals surface area contributed by atoms with Gasteiger partial charge in [0.1, 0.15) is 6.04 Å². The van der Waals surface area contributed by atoms with Crippen LogP contribution in [0.25, 0.3) is 0 Å². The highest BCUT2D eigenvalue weighted by Crippen LogP contribution is 2.22. The number of carbonyl (C=O) groups excluding carboxylic acids is 3. The number of primary amides is 1. The van der Waals surface area contributed by atoms with Gasteiger partial charge in [0.25, 0.3) is 5.91 Å². The Morgan fingerprint density at radius 1 is 1.12 bits per heavy atom. The van der Waals surface area contributed by atoms with E-state index < -0.39 is 17.9 Å². The van der Waals surface area contributed by atoms with Crippen molar-refractivity contribution in [3.8, 4) is 0 Å². The van der Waals surface area contributed by atoms with Crippen LogP contribution in [0.5, 0.6) is 0 Å². The van der Waals surface area contributed by atoms with Gasteiger partial charge in [-0.2, -0.15) is 0 Å². The first-order valence-corrected chi connectivity index (χ1v) is 8.43. The molecule has 0 saturated carbocycles. The van der Waals surface area contributed by atoms with Crippen LogP contribution in [0.3, 0.4) is 0 Å². The standard InChI is InChI=1S/C18H17Cl2N3O3/c1-10(24)22-14-4-2-3-12(7-14)18(26)23-16(17(21)25)8-11-5-6-13(19)9-15(11)20/h2-7,9,16H,8H2,1H3,(H2,21,25)(H,22,24)(H,23,26)/t16-/m0/s1. The monoisotopic (exact) mass is 393 g/mol. The lowest BCUT2D eigenvalue weighted by Crippen LogP contribution is -2.45. The number of anilines is 1. The maximum Gasteiger partial charge on any atom is 0.252 e. The van der Waals surface area contributed by atoms with Crippen molar-refractivity contribution >= 4 is 46.6 Å². The number of carbonyl (C=O) groups is 3. The first-order valence-electron chi connectivity index (χ1n) is 7.68. The van der Waals surface area contributed by atoms with Crippen LogP contribution in [0.4, 0.5) is 5.69 Å². The van der Waals surface area contributed by atoms with Crippen molar-refractivity contribution in [2.24, 2.45) is 5.73 Å². The highest BCUT2D eigenvalue weighted by molar-refractivity contribution is 6.35. The molecule has 0 bridgehead atoms. The van der Waals surface area contributed by atoms with Crippen molar-refractivity contribution in [3.05, 3.63) is 63.6 Å². The van der Waals surface area contributed by atoms with E-state index in [2.05, 4.69) is 10.6 Å². The second-order valence-corrected chi connectivity index (χ2v) is 6.47. The van der Waals surface area contributed by atoms with Crippen LogP contribution in [0.2, 0.25) is 10.0 Å². The lowest BCUT2D eigenvalue weighted by Gasteiger charge is -2.17. The summed E-state index contributed by atoms with van der Waals surface area (Å²) >= 11 is 12.0. The van der Waals surface area contributed by atoms with Crippen LogP contribution in [-0.4, -0.2) is 23.8 Å². The molecule has 0 aliphatic heterocycles. The minimum Gasteiger partial charge on any atom is -0.368 e. The van der Waals surface area contributed by atoms with Crippen molar-refractivity contribution in [2.75, 3.05) is 5.32 Å². The van der Waals surface area contributed by atoms with Gasteiger partial charge in [-0.3, -0.25) is 14.4 Å². The number of hydrogen-bond acceptors (Lipinski definition) is 3. The van der Waals surface area contributed by atoms with E-state index in [9.17, 15) is 14.4 Å². The van der Waals surface area contributed by atoms with Gasteiger partial charge >= 0.3 is 0 Å². The minimum absolute atomic E-state index is 0.127. The van der Waals surface area contributed by atoms with E-state index in [1.54, 1.807) is 36.4 Å². The summed E-state index contributed by atoms with van der Waals surface area (Å²) in [5.74, 6) is -1.44. The summed E-state index contributed by atoms with van der Waals surface area (Å²) in [7, 11) is 0. The van der Waals surface area contributed by atoms with Gasteiger partial charge in [-0.15, -0.1) is 0 Å². The molecule has 0 aliphatic rings. The van der Waals surface area contributed by atoms with Crippen LogP contribution < -0.4 is 16.4 Å². The molecule has 3 amide bonds. The fraction of sp³-hybridized carbons (Fsp3) is 0.167. The average Bonchev–Trinajstić information content (AvgIpc) is 2.55. The number of benzene rings is 2. The van der Waals surface area contributed by atoms with E-state index in [0.717, 1.165) is 0 Å². The second-order valence-electron chi connectivity index (χ2n) is 5.63. The number of nitrogens with one attached hydrogen (secondary N) is 2. The van der Waals surface area contributed by atoms with Gasteiger partial charge in [-0.1, -0.05) is 35.3 Å². The zero-order valence-corrected chi connectivity index (χ0v) is 15.4. The highest BCUT2D eigenvalue weighted by Gasteiger charge is 2.21. The van der Waals surface area contributed by atoms with E-state index in [0.29, 0.717) is 21.3 Å². The molecule has 2 aromatic rings. The maximum atomic E-state index is 12.4. The molecule has 2 aromatic carbocycles. The van der Waals surface area contributed by atoms with Crippen molar-refractivity contribution in [1.29, 1.82) is 0 Å². The number of nitrogens with two attached hydrogens (primary N) is 1. The molecule has 0 aromatic heterocycles. The van der Waals surface area contributed by atoms with E-state index >= 15 is 0 Å². The Morgan fingerprint density at radius 2 is 1.85 bits per heavy atom. The third-order valence-electron chi connectivity index (χ3n) is 3.53. The quantitative estimate of drug-likeness (QED) is 0.702. The molecule has 0 radical (unpaired) electrons.